The van der Waals surface area contributed by atoms with Crippen LogP contribution in [0.3, 0.4) is 0 Å². The highest BCUT2D eigenvalue weighted by molar-refractivity contribution is 6.28. The number of rotatable bonds is 5. The summed E-state index contributed by atoms with van der Waals surface area (Å²) < 4.78 is 5.48. The van der Waals surface area contributed by atoms with Crippen LogP contribution in [0.4, 0.5) is 4.79 Å². The van der Waals surface area contributed by atoms with Crippen molar-refractivity contribution < 1.29 is 24.2 Å². The molecule has 0 aliphatic carbocycles. The maximum atomic E-state index is 11.5. The van der Waals surface area contributed by atoms with Crippen molar-refractivity contribution >= 4 is 18.1 Å². The van der Waals surface area contributed by atoms with Gasteiger partial charge in [-0.25, -0.2) is 4.79 Å². The van der Waals surface area contributed by atoms with Crippen molar-refractivity contribution in [2.45, 2.75) is 45.4 Å². The van der Waals surface area contributed by atoms with Crippen LogP contribution in [-0.2, 0) is 9.53 Å². The molecule has 0 rings (SSSR count). The van der Waals surface area contributed by atoms with Crippen molar-refractivity contribution in [3.05, 3.63) is 5.53 Å². The number of Topliss-reactive ketones (excluding diaryl/α,β-unsaturated/α-hetero) is 1. The van der Waals surface area contributed by atoms with Crippen molar-refractivity contribution in [1.82, 2.24) is 5.32 Å². The number of carbonyl (C=O) groups is 2. The molecule has 0 saturated carbocycles. The number of carboxylic acid groups (broad SMARTS) is 1. The van der Waals surface area contributed by atoms with Gasteiger partial charge in [-0.2, -0.15) is 4.79 Å². The van der Waals surface area contributed by atoms with Gasteiger partial charge in [-0.15, -0.1) is 0 Å². The van der Waals surface area contributed by atoms with Gasteiger partial charge in [0.25, 0.3) is 5.78 Å². The van der Waals surface area contributed by atoms with E-state index >= 15 is 0 Å². The molecular weight excluding hydrogens is 226 g/mol. The summed E-state index contributed by atoms with van der Waals surface area (Å²) in [5, 5.41) is 10.6. The fourth-order valence-electron chi connectivity index (χ4n) is 1.32. The van der Waals surface area contributed by atoms with Gasteiger partial charge in [-0.3, -0.25) is 4.79 Å². The Kier molecular flexibility index (Phi) is 5.50. The lowest BCUT2D eigenvalue weighted by atomic mass is 10.1. The van der Waals surface area contributed by atoms with Gasteiger partial charge in [-0.05, 0) is 27.7 Å². The minimum atomic E-state index is -1.35. The smallest absolute Gasteiger partial charge is 0.405 e. The third kappa shape index (κ3) is 6.44. The molecule has 0 aromatic rings. The van der Waals surface area contributed by atoms with Crippen molar-refractivity contribution in [2.75, 3.05) is 0 Å². The lowest BCUT2D eigenvalue weighted by molar-refractivity contribution is -0.125. The Morgan fingerprint density at radius 3 is 2.35 bits per heavy atom. The molecule has 0 fully saturated rings. The molecule has 2 N–H and O–H groups in total. The number of nitrogens with one attached hydrogen (secondary N) is 1. The van der Waals surface area contributed by atoms with E-state index in [1.165, 1.54) is 0 Å². The van der Waals surface area contributed by atoms with E-state index < -0.39 is 29.6 Å². The van der Waals surface area contributed by atoms with E-state index in [0.29, 0.717) is 6.21 Å². The quantitative estimate of drug-likeness (QED) is 0.420. The first-order valence-corrected chi connectivity index (χ1v) is 5.06. The summed E-state index contributed by atoms with van der Waals surface area (Å²) in [6, 6.07) is -1.11. The monoisotopic (exact) mass is 243 g/mol. The Labute approximate surface area is 99.4 Å². The topological polar surface area (TPSA) is 112 Å². The molecule has 0 aromatic carbocycles. The fourth-order valence-corrected chi connectivity index (χ4v) is 1.32. The molecular formula is C10H17N3O4. The summed E-state index contributed by atoms with van der Waals surface area (Å²) >= 11 is 0. The second kappa shape index (κ2) is 6.12. The fraction of sp³-hybridized carbons (Fsp3) is 0.700. The molecule has 2 atom stereocenters. The molecule has 96 valence electrons. The molecule has 0 saturated heterocycles. The number of amides is 1. The average Bonchev–Trinajstić information content (AvgIpc) is 2.11. The summed E-state index contributed by atoms with van der Waals surface area (Å²) in [5.74, 6) is -0.674. The Hall–Kier alpha value is -1.72. The van der Waals surface area contributed by atoms with Gasteiger partial charge >= 0.3 is 12.3 Å². The molecule has 0 heterocycles. The predicted octanol–water partition coefficient (Wildman–Crippen LogP) is 0.696. The van der Waals surface area contributed by atoms with E-state index in [0.717, 1.165) is 0 Å². The number of nitrogens with zero attached hydrogens (tertiary/aromatic N) is 2. The minimum absolute atomic E-state index is 0.519. The molecule has 0 radical (unpaired) electrons. The number of hydrogen-bond donors (Lipinski definition) is 2. The highest BCUT2D eigenvalue weighted by atomic mass is 16.5. The molecule has 0 aliphatic heterocycles. The van der Waals surface area contributed by atoms with E-state index in [2.05, 4.69) is 4.79 Å². The van der Waals surface area contributed by atoms with Crippen LogP contribution in [0, 0.1) is 0 Å². The van der Waals surface area contributed by atoms with Gasteiger partial charge in [0.2, 0.25) is 0 Å². The second-order valence-electron chi connectivity index (χ2n) is 4.51. The number of hydrogen-bond acceptors (Lipinski definition) is 3. The first-order valence-electron chi connectivity index (χ1n) is 5.06. The van der Waals surface area contributed by atoms with E-state index in [1.54, 1.807) is 27.7 Å². The Morgan fingerprint density at radius 1 is 1.47 bits per heavy atom. The number of carbonyl (C=O) groups excluding carboxylic acids is 1. The third-order valence-electron chi connectivity index (χ3n) is 1.78. The van der Waals surface area contributed by atoms with Crippen LogP contribution in [0.15, 0.2) is 0 Å². The Bertz CT molecular complexity index is 342. The zero-order valence-corrected chi connectivity index (χ0v) is 10.3. The summed E-state index contributed by atoms with van der Waals surface area (Å²) in [6.07, 6.45) is -1.39. The summed E-state index contributed by atoms with van der Waals surface area (Å²) in [5.41, 5.74) is 7.75. The van der Waals surface area contributed by atoms with Crippen LogP contribution in [0.25, 0.3) is 5.53 Å². The summed E-state index contributed by atoms with van der Waals surface area (Å²) in [6.45, 7) is 6.92. The van der Waals surface area contributed by atoms with Crippen LogP contribution in [0.2, 0.25) is 0 Å². The third-order valence-corrected chi connectivity index (χ3v) is 1.78. The number of ketones is 1. The van der Waals surface area contributed by atoms with Crippen LogP contribution in [-0.4, -0.2) is 45.7 Å². The zero-order chi connectivity index (χ0) is 13.6. The second-order valence-corrected chi connectivity index (χ2v) is 4.51. The van der Waals surface area contributed by atoms with Crippen LogP contribution < -0.4 is 5.32 Å². The van der Waals surface area contributed by atoms with E-state index in [4.69, 9.17) is 15.4 Å². The first kappa shape index (κ1) is 15.3. The molecule has 7 nitrogen and oxygen atoms in total. The molecule has 0 aromatic heterocycles. The standard InChI is InChI=1S/C10H17N3O4/c1-6(17-10(2,3)4)8(13-9(15)16)7(14)5-12-11/h5-6,8,13H,1-4H3,(H,15,16)/t6-,8+/m1/s1. The SMILES string of the molecule is C[C@@H](OC(C)(C)C)[C@H](NC(=O)O)C(=O)C=[N+]=[N-]. The molecule has 0 unspecified atom stereocenters. The van der Waals surface area contributed by atoms with Crippen molar-refractivity contribution in [1.29, 1.82) is 0 Å². The van der Waals surface area contributed by atoms with Crippen molar-refractivity contribution in [2.24, 2.45) is 0 Å². The first-order chi connectivity index (χ1) is 7.67. The molecule has 17 heavy (non-hydrogen) atoms. The van der Waals surface area contributed by atoms with Crippen molar-refractivity contribution in [3.63, 3.8) is 0 Å². The normalized spacial score (nSPS) is 14.4. The van der Waals surface area contributed by atoms with Gasteiger partial charge in [0.05, 0.1) is 11.7 Å². The van der Waals surface area contributed by atoms with E-state index in [1.807, 2.05) is 5.32 Å². The summed E-state index contributed by atoms with van der Waals surface area (Å²) in [7, 11) is 0. The number of ether oxygens (including phenoxy) is 1. The van der Waals surface area contributed by atoms with Gasteiger partial charge in [0.1, 0.15) is 6.04 Å². The molecule has 7 heteroatoms. The highest BCUT2D eigenvalue weighted by Gasteiger charge is 2.31. The van der Waals surface area contributed by atoms with Gasteiger partial charge in [0.15, 0.2) is 0 Å². The van der Waals surface area contributed by atoms with Crippen LogP contribution in [0.1, 0.15) is 27.7 Å². The largest absolute Gasteiger partial charge is 0.465 e. The van der Waals surface area contributed by atoms with Crippen LogP contribution in [0.5, 0.6) is 0 Å². The minimum Gasteiger partial charge on any atom is -0.465 e. The zero-order valence-electron chi connectivity index (χ0n) is 10.3. The predicted molar refractivity (Wildman–Crippen MR) is 59.9 cm³/mol. The van der Waals surface area contributed by atoms with Crippen molar-refractivity contribution in [3.8, 4) is 0 Å². The summed E-state index contributed by atoms with van der Waals surface area (Å²) in [4.78, 5) is 24.6. The maximum Gasteiger partial charge on any atom is 0.405 e. The van der Waals surface area contributed by atoms with Gasteiger partial charge in [-0.1, -0.05) is 0 Å². The maximum absolute atomic E-state index is 11.5. The molecule has 0 spiro atoms. The Morgan fingerprint density at radius 2 is 2.00 bits per heavy atom. The lowest BCUT2D eigenvalue weighted by Gasteiger charge is -2.28. The average molecular weight is 243 g/mol. The van der Waals surface area contributed by atoms with Gasteiger partial charge < -0.3 is 20.7 Å². The van der Waals surface area contributed by atoms with E-state index in [-0.39, 0.29) is 0 Å². The lowest BCUT2D eigenvalue weighted by Crippen LogP contribution is -2.50. The Balaban J connectivity index is 4.84. The van der Waals surface area contributed by atoms with Crippen LogP contribution >= 0.6 is 0 Å². The highest BCUT2D eigenvalue weighted by Crippen LogP contribution is 2.13. The molecule has 0 aliphatic rings. The van der Waals surface area contributed by atoms with Gasteiger partial charge in [0, 0.05) is 0 Å². The molecule has 1 amide bonds. The van der Waals surface area contributed by atoms with E-state index in [9.17, 15) is 9.59 Å². The molecule has 0 bridgehead atoms.